The van der Waals surface area contributed by atoms with E-state index >= 15 is 4.39 Å². The average Bonchev–Trinajstić information content (AvgIpc) is 2.83. The number of nitrogens with zero attached hydrogens (tertiary/aromatic N) is 1. The molecule has 0 amide bonds. The monoisotopic (exact) mass is 501 g/mol. The van der Waals surface area contributed by atoms with Gasteiger partial charge in [0.2, 0.25) is 0 Å². The van der Waals surface area contributed by atoms with Gasteiger partial charge in [0.25, 0.3) is 0 Å². The van der Waals surface area contributed by atoms with Crippen molar-refractivity contribution in [2.75, 3.05) is 0 Å². The minimum atomic E-state index is -5.12. The molecule has 0 spiro atoms. The van der Waals surface area contributed by atoms with Crippen molar-refractivity contribution in [2.24, 2.45) is 0 Å². The first-order chi connectivity index (χ1) is 17.2. The molecule has 0 atom stereocenters. The Labute approximate surface area is 205 Å². The Morgan fingerprint density at radius 3 is 2.14 bits per heavy atom. The summed E-state index contributed by atoms with van der Waals surface area (Å²) >= 11 is 0. The van der Waals surface area contributed by atoms with E-state index in [1.807, 2.05) is 18.3 Å². The van der Waals surface area contributed by atoms with Crippen LogP contribution in [0.15, 0.2) is 60.8 Å². The first-order valence-electron chi connectivity index (χ1n) is 11.9. The molecule has 0 N–H and O–H groups in total. The van der Waals surface area contributed by atoms with Crippen LogP contribution >= 0.6 is 0 Å². The zero-order valence-electron chi connectivity index (χ0n) is 19.7. The molecule has 1 heterocycles. The molecule has 1 aromatic heterocycles. The number of pyridine rings is 1. The predicted molar refractivity (Wildman–Crippen MR) is 129 cm³/mol. The number of fused-ring (bicyclic) bond motifs is 1. The molecular formula is C29H25F6N. The number of rotatable bonds is 8. The Bertz CT molecular complexity index is 1340. The van der Waals surface area contributed by atoms with Gasteiger partial charge in [0.05, 0.1) is 5.69 Å². The lowest BCUT2D eigenvalue weighted by Gasteiger charge is -2.12. The summed E-state index contributed by atoms with van der Waals surface area (Å²) in [5.74, 6) is -3.82. The van der Waals surface area contributed by atoms with Crippen LogP contribution in [-0.2, 0) is 25.4 Å². The second kappa shape index (κ2) is 10.7. The van der Waals surface area contributed by atoms with Crippen LogP contribution in [-0.4, -0.2) is 4.98 Å². The largest absolute Gasteiger partial charge is 0.422 e. The van der Waals surface area contributed by atoms with Crippen LogP contribution in [0.2, 0.25) is 0 Å². The number of hydrogen-bond donors (Lipinski definition) is 0. The summed E-state index contributed by atoms with van der Waals surface area (Å²) in [4.78, 5) is 4.55. The maximum Gasteiger partial charge on any atom is 0.422 e. The highest BCUT2D eigenvalue weighted by atomic mass is 19.4. The first kappa shape index (κ1) is 25.7. The zero-order chi connectivity index (χ0) is 25.9. The summed E-state index contributed by atoms with van der Waals surface area (Å²) in [5, 5.41) is 1.06. The number of unbranched alkanes of at least 4 members (excludes halogenated alkanes) is 2. The fraction of sp³-hybridized carbons (Fsp3) is 0.276. The Hall–Kier alpha value is -3.35. The fourth-order valence-electron chi connectivity index (χ4n) is 4.33. The second-order valence-electron chi connectivity index (χ2n) is 8.92. The van der Waals surface area contributed by atoms with Crippen molar-refractivity contribution >= 4 is 10.8 Å². The van der Waals surface area contributed by atoms with Crippen LogP contribution in [0.5, 0.6) is 0 Å². The molecular weight excluding hydrogens is 476 g/mol. The van der Waals surface area contributed by atoms with Gasteiger partial charge in [-0.3, -0.25) is 4.98 Å². The molecule has 0 saturated carbocycles. The van der Waals surface area contributed by atoms with E-state index in [1.165, 1.54) is 12.0 Å². The van der Waals surface area contributed by atoms with E-state index < -0.39 is 29.2 Å². The molecule has 0 aliphatic heterocycles. The molecule has 4 aromatic rings. The molecule has 0 aliphatic rings. The third-order valence-electron chi connectivity index (χ3n) is 6.29. The lowest BCUT2D eigenvalue weighted by Crippen LogP contribution is -2.12. The lowest BCUT2D eigenvalue weighted by molar-refractivity contribution is -0.142. The Balaban J connectivity index is 1.51. The van der Waals surface area contributed by atoms with Gasteiger partial charge in [-0.05, 0) is 72.0 Å². The quantitative estimate of drug-likeness (QED) is 0.174. The normalized spacial score (nSPS) is 11.9. The van der Waals surface area contributed by atoms with E-state index in [4.69, 9.17) is 0 Å². The van der Waals surface area contributed by atoms with Gasteiger partial charge in [0.1, 0.15) is 23.0 Å². The highest BCUT2D eigenvalue weighted by molar-refractivity contribution is 5.88. The van der Waals surface area contributed by atoms with Crippen LogP contribution in [0.3, 0.4) is 0 Å². The summed E-state index contributed by atoms with van der Waals surface area (Å²) < 4.78 is 81.2. The highest BCUT2D eigenvalue weighted by Crippen LogP contribution is 2.34. The van der Waals surface area contributed by atoms with Gasteiger partial charge in [-0.2, -0.15) is 13.2 Å². The summed E-state index contributed by atoms with van der Waals surface area (Å²) in [7, 11) is 0. The predicted octanol–water partition coefficient (Wildman–Crippen LogP) is 8.86. The molecule has 36 heavy (non-hydrogen) atoms. The fourth-order valence-corrected chi connectivity index (χ4v) is 4.33. The van der Waals surface area contributed by atoms with Crippen molar-refractivity contribution < 1.29 is 26.3 Å². The Morgan fingerprint density at radius 1 is 0.750 bits per heavy atom. The van der Waals surface area contributed by atoms with Gasteiger partial charge in [-0.25, -0.2) is 13.2 Å². The third kappa shape index (κ3) is 5.72. The Morgan fingerprint density at radius 2 is 1.50 bits per heavy atom. The molecule has 7 heteroatoms. The summed E-state index contributed by atoms with van der Waals surface area (Å²) in [5.41, 5.74) is 1.23. The maximum atomic E-state index is 15.2. The Kier molecular flexibility index (Phi) is 7.67. The van der Waals surface area contributed by atoms with Crippen molar-refractivity contribution in [1.29, 1.82) is 0 Å². The van der Waals surface area contributed by atoms with Gasteiger partial charge in [0.15, 0.2) is 0 Å². The number of hydrogen-bond acceptors (Lipinski definition) is 1. The summed E-state index contributed by atoms with van der Waals surface area (Å²) in [6, 6.07) is 14.0. The van der Waals surface area contributed by atoms with E-state index in [-0.39, 0.29) is 18.4 Å². The number of aryl methyl sites for hydroxylation is 3. The van der Waals surface area contributed by atoms with E-state index in [9.17, 15) is 22.0 Å². The molecule has 0 aliphatic carbocycles. The molecule has 0 saturated heterocycles. The zero-order valence-corrected chi connectivity index (χ0v) is 19.7. The minimum Gasteiger partial charge on any atom is -0.256 e. The minimum absolute atomic E-state index is 0.0129. The van der Waals surface area contributed by atoms with Crippen LogP contribution in [0, 0.1) is 17.5 Å². The molecule has 0 bridgehead atoms. The van der Waals surface area contributed by atoms with E-state index in [0.29, 0.717) is 28.5 Å². The number of alkyl halides is 3. The SMILES string of the molecule is CCCCCc1ccc(-c2ccc3c(F)c(CCc4cc(F)c(C(F)(F)F)c(F)c4)ccc3c2)nc1. The van der Waals surface area contributed by atoms with Gasteiger partial charge in [-0.1, -0.05) is 50.1 Å². The van der Waals surface area contributed by atoms with Crippen LogP contribution in [0.4, 0.5) is 26.3 Å². The first-order valence-corrected chi connectivity index (χ1v) is 11.9. The molecule has 0 unspecified atom stereocenters. The van der Waals surface area contributed by atoms with Gasteiger partial charge in [0, 0.05) is 17.1 Å². The summed E-state index contributed by atoms with van der Waals surface area (Å²) in [6.45, 7) is 2.16. The van der Waals surface area contributed by atoms with Crippen molar-refractivity contribution in [3.8, 4) is 11.3 Å². The molecule has 4 rings (SSSR count). The number of benzene rings is 3. The maximum absolute atomic E-state index is 15.2. The molecule has 3 aromatic carbocycles. The molecule has 0 fully saturated rings. The standard InChI is InChI=1S/C29H25F6N/c1-2-3-4-5-18-7-13-26(36-17-18)22-11-12-23-21(16-22)10-9-20(28(23)32)8-6-19-14-24(30)27(25(31)15-19)29(33,34)35/h7,9-17H,2-6,8H2,1H3. The van der Waals surface area contributed by atoms with Crippen LogP contribution in [0.1, 0.15) is 48.4 Å². The van der Waals surface area contributed by atoms with Crippen molar-refractivity contribution in [2.45, 2.75) is 51.6 Å². The van der Waals surface area contributed by atoms with E-state index in [0.717, 1.165) is 30.5 Å². The number of halogens is 6. The lowest BCUT2D eigenvalue weighted by atomic mass is 9.97. The van der Waals surface area contributed by atoms with Crippen molar-refractivity contribution in [3.63, 3.8) is 0 Å². The van der Waals surface area contributed by atoms with Crippen molar-refractivity contribution in [3.05, 3.63) is 100 Å². The number of aromatic nitrogens is 1. The van der Waals surface area contributed by atoms with E-state index in [1.54, 1.807) is 24.3 Å². The van der Waals surface area contributed by atoms with Crippen LogP contribution < -0.4 is 0 Å². The van der Waals surface area contributed by atoms with Gasteiger partial charge in [-0.15, -0.1) is 0 Å². The molecule has 188 valence electrons. The van der Waals surface area contributed by atoms with Crippen molar-refractivity contribution in [1.82, 2.24) is 4.98 Å². The van der Waals surface area contributed by atoms with E-state index in [2.05, 4.69) is 18.0 Å². The van der Waals surface area contributed by atoms with Gasteiger partial charge < -0.3 is 0 Å². The smallest absolute Gasteiger partial charge is 0.256 e. The third-order valence-corrected chi connectivity index (χ3v) is 6.29. The highest BCUT2D eigenvalue weighted by Gasteiger charge is 2.37. The molecule has 1 nitrogen and oxygen atoms in total. The van der Waals surface area contributed by atoms with Gasteiger partial charge >= 0.3 is 6.18 Å². The second-order valence-corrected chi connectivity index (χ2v) is 8.92. The average molecular weight is 502 g/mol. The topological polar surface area (TPSA) is 12.9 Å². The summed E-state index contributed by atoms with van der Waals surface area (Å²) in [6.07, 6.45) is 1.26. The molecule has 0 radical (unpaired) electrons. The van der Waals surface area contributed by atoms with Crippen LogP contribution in [0.25, 0.3) is 22.0 Å².